The van der Waals surface area contributed by atoms with Gasteiger partial charge in [0, 0.05) is 25.0 Å². The Morgan fingerprint density at radius 1 is 1.09 bits per heavy atom. The van der Waals surface area contributed by atoms with E-state index in [0.29, 0.717) is 6.04 Å². The summed E-state index contributed by atoms with van der Waals surface area (Å²) in [6.07, 6.45) is 10.0. The molecule has 2 nitrogen and oxygen atoms in total. The van der Waals surface area contributed by atoms with Crippen LogP contribution >= 0.6 is 0 Å². The topological polar surface area (TPSA) is 16.1 Å². The average Bonchev–Trinajstić information content (AvgIpc) is 2.99. The minimum atomic E-state index is 0.695. The van der Waals surface area contributed by atoms with E-state index in [-0.39, 0.29) is 0 Å². The molecule has 2 aromatic rings. The predicted molar refractivity (Wildman–Crippen MR) is 90.2 cm³/mol. The Labute approximate surface area is 132 Å². The summed E-state index contributed by atoms with van der Waals surface area (Å²) in [5.41, 5.74) is 4.21. The fourth-order valence-electron chi connectivity index (χ4n) is 3.96. The summed E-state index contributed by atoms with van der Waals surface area (Å²) < 4.78 is 0. The van der Waals surface area contributed by atoms with Crippen molar-refractivity contribution in [2.45, 2.75) is 31.8 Å². The van der Waals surface area contributed by atoms with E-state index in [1.54, 1.807) is 0 Å². The lowest BCUT2D eigenvalue weighted by Gasteiger charge is -2.32. The first-order valence-corrected chi connectivity index (χ1v) is 8.27. The molecule has 0 spiro atoms. The second-order valence-corrected chi connectivity index (χ2v) is 6.48. The van der Waals surface area contributed by atoms with Crippen molar-refractivity contribution in [1.29, 1.82) is 0 Å². The van der Waals surface area contributed by atoms with Gasteiger partial charge in [-0.05, 0) is 54.5 Å². The molecule has 2 unspecified atom stereocenters. The highest BCUT2D eigenvalue weighted by molar-refractivity contribution is 5.66. The number of fused-ring (bicyclic) bond motifs is 1. The van der Waals surface area contributed by atoms with Gasteiger partial charge in [-0.15, -0.1) is 0 Å². The molecule has 0 bridgehead atoms. The molecule has 1 aliphatic heterocycles. The lowest BCUT2D eigenvalue weighted by Crippen LogP contribution is -2.34. The van der Waals surface area contributed by atoms with Crippen LogP contribution in [-0.2, 0) is 6.54 Å². The van der Waals surface area contributed by atoms with Gasteiger partial charge in [0.1, 0.15) is 0 Å². The van der Waals surface area contributed by atoms with Gasteiger partial charge in [0.05, 0.1) is 0 Å². The Balaban J connectivity index is 1.51. The van der Waals surface area contributed by atoms with Gasteiger partial charge < -0.3 is 0 Å². The molecule has 1 fully saturated rings. The number of nitrogens with zero attached hydrogens (tertiary/aromatic N) is 2. The van der Waals surface area contributed by atoms with Crippen LogP contribution < -0.4 is 0 Å². The minimum absolute atomic E-state index is 0.695. The van der Waals surface area contributed by atoms with E-state index in [9.17, 15) is 0 Å². The molecule has 2 heteroatoms. The summed E-state index contributed by atoms with van der Waals surface area (Å²) in [5.74, 6) is 0.837. The quantitative estimate of drug-likeness (QED) is 0.844. The van der Waals surface area contributed by atoms with Crippen molar-refractivity contribution in [2.75, 3.05) is 6.54 Å². The highest BCUT2D eigenvalue weighted by Crippen LogP contribution is 2.39. The van der Waals surface area contributed by atoms with Crippen LogP contribution in [0, 0.1) is 5.92 Å². The Hall–Kier alpha value is -1.93. The Morgan fingerprint density at radius 2 is 2.00 bits per heavy atom. The molecule has 4 rings (SSSR count). The SMILES string of the molecule is C1=C(c2cccnc2)CC2C(C1)CCN2Cc1ccccc1. The molecule has 2 heterocycles. The van der Waals surface area contributed by atoms with Crippen LogP contribution in [0.3, 0.4) is 0 Å². The second kappa shape index (κ2) is 6.05. The fourth-order valence-corrected chi connectivity index (χ4v) is 3.96. The summed E-state index contributed by atoms with van der Waals surface area (Å²) in [4.78, 5) is 6.96. The molecule has 2 aliphatic rings. The summed E-state index contributed by atoms with van der Waals surface area (Å²) in [6.45, 7) is 2.32. The molecular weight excluding hydrogens is 268 g/mol. The first-order chi connectivity index (χ1) is 10.9. The molecule has 1 aromatic carbocycles. The molecule has 0 amide bonds. The van der Waals surface area contributed by atoms with Gasteiger partial charge in [0.2, 0.25) is 0 Å². The van der Waals surface area contributed by atoms with Crippen LogP contribution in [0.25, 0.3) is 5.57 Å². The smallest absolute Gasteiger partial charge is 0.0342 e. The van der Waals surface area contributed by atoms with Gasteiger partial charge in [-0.2, -0.15) is 0 Å². The summed E-state index contributed by atoms with van der Waals surface area (Å²) >= 11 is 0. The normalized spacial score (nSPS) is 24.8. The van der Waals surface area contributed by atoms with Gasteiger partial charge in [-0.25, -0.2) is 0 Å². The van der Waals surface area contributed by atoms with E-state index in [1.165, 1.54) is 42.5 Å². The molecule has 0 N–H and O–H groups in total. The van der Waals surface area contributed by atoms with Crippen molar-refractivity contribution in [2.24, 2.45) is 5.92 Å². The first-order valence-electron chi connectivity index (χ1n) is 8.27. The number of hydrogen-bond acceptors (Lipinski definition) is 2. The van der Waals surface area contributed by atoms with Crippen LogP contribution in [0.15, 0.2) is 60.9 Å². The van der Waals surface area contributed by atoms with E-state index in [0.717, 1.165) is 12.5 Å². The lowest BCUT2D eigenvalue weighted by molar-refractivity contribution is 0.217. The van der Waals surface area contributed by atoms with Gasteiger partial charge in [-0.3, -0.25) is 9.88 Å². The summed E-state index contributed by atoms with van der Waals surface area (Å²) in [5, 5.41) is 0. The third-order valence-corrected chi connectivity index (χ3v) is 5.16. The number of benzene rings is 1. The summed E-state index contributed by atoms with van der Waals surface area (Å²) in [6, 6.07) is 15.8. The van der Waals surface area contributed by atoms with Crippen molar-refractivity contribution in [3.63, 3.8) is 0 Å². The molecule has 2 atom stereocenters. The van der Waals surface area contributed by atoms with Gasteiger partial charge >= 0.3 is 0 Å². The third kappa shape index (κ3) is 2.71. The standard InChI is InChI=1S/C20H22N2/c1-2-5-16(6-3-1)15-22-12-10-17-8-9-18(13-20(17)22)19-7-4-11-21-14-19/h1-7,9,11,14,17,20H,8,10,12-13,15H2. The van der Waals surface area contributed by atoms with Crippen LogP contribution in [0.4, 0.5) is 0 Å². The summed E-state index contributed by atoms with van der Waals surface area (Å²) in [7, 11) is 0. The molecule has 22 heavy (non-hydrogen) atoms. The molecular formula is C20H22N2. The maximum absolute atomic E-state index is 4.28. The third-order valence-electron chi connectivity index (χ3n) is 5.16. The largest absolute Gasteiger partial charge is 0.296 e. The highest BCUT2D eigenvalue weighted by Gasteiger charge is 2.36. The van der Waals surface area contributed by atoms with E-state index in [4.69, 9.17) is 0 Å². The van der Waals surface area contributed by atoms with Crippen LogP contribution in [0.1, 0.15) is 30.4 Å². The van der Waals surface area contributed by atoms with Crippen LogP contribution in [0.2, 0.25) is 0 Å². The molecule has 112 valence electrons. The zero-order chi connectivity index (χ0) is 14.8. The number of likely N-dealkylation sites (tertiary alicyclic amines) is 1. The van der Waals surface area contributed by atoms with Crippen LogP contribution in [-0.4, -0.2) is 22.5 Å². The molecule has 1 aromatic heterocycles. The van der Waals surface area contributed by atoms with Crippen molar-refractivity contribution < 1.29 is 0 Å². The maximum Gasteiger partial charge on any atom is 0.0342 e. The predicted octanol–water partition coefficient (Wildman–Crippen LogP) is 4.15. The van der Waals surface area contributed by atoms with Gasteiger partial charge in [0.25, 0.3) is 0 Å². The van der Waals surface area contributed by atoms with Crippen molar-refractivity contribution >= 4 is 5.57 Å². The monoisotopic (exact) mass is 290 g/mol. The Kier molecular flexibility index (Phi) is 3.77. The van der Waals surface area contributed by atoms with Crippen molar-refractivity contribution in [3.05, 3.63) is 72.1 Å². The number of hydrogen-bond donors (Lipinski definition) is 0. The van der Waals surface area contributed by atoms with Crippen LogP contribution in [0.5, 0.6) is 0 Å². The number of pyridine rings is 1. The highest BCUT2D eigenvalue weighted by atomic mass is 15.2. The zero-order valence-electron chi connectivity index (χ0n) is 12.9. The maximum atomic E-state index is 4.28. The van der Waals surface area contributed by atoms with Gasteiger partial charge in [0.15, 0.2) is 0 Å². The number of allylic oxidation sites excluding steroid dienone is 1. The Morgan fingerprint density at radius 3 is 2.82 bits per heavy atom. The minimum Gasteiger partial charge on any atom is -0.296 e. The van der Waals surface area contributed by atoms with Gasteiger partial charge in [-0.1, -0.05) is 42.5 Å². The first kappa shape index (κ1) is 13.7. The lowest BCUT2D eigenvalue weighted by atomic mass is 9.83. The Bertz CT molecular complexity index is 648. The van der Waals surface area contributed by atoms with Crippen molar-refractivity contribution in [1.82, 2.24) is 9.88 Å². The molecule has 0 radical (unpaired) electrons. The van der Waals surface area contributed by atoms with E-state index >= 15 is 0 Å². The zero-order valence-corrected chi connectivity index (χ0v) is 12.9. The van der Waals surface area contributed by atoms with E-state index < -0.39 is 0 Å². The second-order valence-electron chi connectivity index (χ2n) is 6.48. The average molecular weight is 290 g/mol. The van der Waals surface area contributed by atoms with E-state index in [1.807, 2.05) is 18.5 Å². The van der Waals surface area contributed by atoms with Crippen molar-refractivity contribution in [3.8, 4) is 0 Å². The molecule has 1 aliphatic carbocycles. The number of rotatable bonds is 3. The fraction of sp³-hybridized carbons (Fsp3) is 0.350. The molecule has 0 saturated carbocycles. The number of aromatic nitrogens is 1. The molecule has 1 saturated heterocycles. The van der Waals surface area contributed by atoms with E-state index in [2.05, 4.69) is 52.4 Å².